The number of carbonyl (C=O) groups excluding carboxylic acids is 4. The predicted molar refractivity (Wildman–Crippen MR) is 147 cm³/mol. The predicted octanol–water partition coefficient (Wildman–Crippen LogP) is 4.87. The molecule has 9 nitrogen and oxygen atoms in total. The van der Waals surface area contributed by atoms with Gasteiger partial charge in [-0.2, -0.15) is 13.2 Å². The number of anilines is 2. The lowest BCUT2D eigenvalue weighted by Gasteiger charge is -2.35. The van der Waals surface area contributed by atoms with E-state index in [9.17, 15) is 32.3 Å². The number of rotatable bonds is 6. The molecule has 42 heavy (non-hydrogen) atoms. The molecular formula is C29H24ClF3N4O5. The van der Waals surface area contributed by atoms with Crippen LogP contribution in [0.15, 0.2) is 72.8 Å². The first-order chi connectivity index (χ1) is 19.9. The molecule has 0 radical (unpaired) electrons. The van der Waals surface area contributed by atoms with E-state index in [1.165, 1.54) is 17.0 Å². The number of ether oxygens (including phenoxy) is 1. The second-order valence-corrected chi connectivity index (χ2v) is 10.4. The second-order valence-electron chi connectivity index (χ2n) is 9.95. The van der Waals surface area contributed by atoms with Crippen LogP contribution in [0.5, 0.6) is 0 Å². The van der Waals surface area contributed by atoms with Gasteiger partial charge in [-0.3, -0.25) is 19.7 Å². The van der Waals surface area contributed by atoms with Gasteiger partial charge in [-0.25, -0.2) is 4.79 Å². The van der Waals surface area contributed by atoms with Crippen LogP contribution in [-0.4, -0.2) is 54.0 Å². The van der Waals surface area contributed by atoms with Crippen molar-refractivity contribution in [2.75, 3.05) is 23.7 Å². The zero-order chi connectivity index (χ0) is 30.1. The van der Waals surface area contributed by atoms with E-state index in [0.717, 1.165) is 17.7 Å². The van der Waals surface area contributed by atoms with Crippen molar-refractivity contribution in [3.8, 4) is 0 Å². The Kier molecular flexibility index (Phi) is 7.83. The summed E-state index contributed by atoms with van der Waals surface area (Å²) in [5.74, 6) is -3.19. The summed E-state index contributed by atoms with van der Waals surface area (Å²) >= 11 is 6.22. The quantitative estimate of drug-likeness (QED) is 0.373. The SMILES string of the molecule is O=C1Nc2ccc(Cl)cc2C2(CCN(C(=O)[C@H](Cc3ccccc3)NC(=O)c3ccc(NC(=O)C(F)(F)F)cc3)C2)O1. The molecule has 0 saturated carbocycles. The highest BCUT2D eigenvalue weighted by Crippen LogP contribution is 2.44. The van der Waals surface area contributed by atoms with Crippen LogP contribution in [-0.2, 0) is 26.3 Å². The topological polar surface area (TPSA) is 117 Å². The highest BCUT2D eigenvalue weighted by molar-refractivity contribution is 6.30. The number of fused-ring (bicyclic) bond motifs is 2. The summed E-state index contributed by atoms with van der Waals surface area (Å²) in [7, 11) is 0. The van der Waals surface area contributed by atoms with Gasteiger partial charge >= 0.3 is 18.2 Å². The van der Waals surface area contributed by atoms with Crippen LogP contribution in [0.4, 0.5) is 29.3 Å². The van der Waals surface area contributed by atoms with Gasteiger partial charge in [0, 0.05) is 41.2 Å². The standard InChI is InChI=1S/C29H24ClF3N4O5/c30-19-8-11-22-21(15-19)28(42-27(41)36-22)12-13-37(16-28)25(39)23(14-17-4-2-1-3-5-17)35-24(38)18-6-9-20(10-7-18)34-26(40)29(31,32)33/h1-11,15,23H,12-14,16H2,(H,34,40)(H,35,38)(H,36,41)/t23-,28?/m0/s1. The first-order valence-electron chi connectivity index (χ1n) is 12.9. The van der Waals surface area contributed by atoms with Crippen molar-refractivity contribution in [1.82, 2.24) is 10.2 Å². The molecule has 218 valence electrons. The van der Waals surface area contributed by atoms with Gasteiger partial charge < -0.3 is 20.3 Å². The number of nitrogens with zero attached hydrogens (tertiary/aromatic N) is 1. The normalized spacial score (nSPS) is 18.5. The number of carbonyl (C=O) groups is 4. The maximum atomic E-state index is 13.8. The minimum atomic E-state index is -5.06. The second kappa shape index (κ2) is 11.4. The summed E-state index contributed by atoms with van der Waals surface area (Å²) in [5, 5.41) is 7.53. The maximum Gasteiger partial charge on any atom is 0.471 e. The molecule has 2 aliphatic heterocycles. The summed E-state index contributed by atoms with van der Waals surface area (Å²) in [4.78, 5) is 52.1. The van der Waals surface area contributed by atoms with Crippen LogP contribution < -0.4 is 16.0 Å². The van der Waals surface area contributed by atoms with Gasteiger partial charge in [0.05, 0.1) is 12.2 Å². The van der Waals surface area contributed by atoms with Crippen molar-refractivity contribution in [2.45, 2.75) is 30.7 Å². The molecule has 3 aromatic rings. The number of hydrogen-bond donors (Lipinski definition) is 3. The van der Waals surface area contributed by atoms with Gasteiger partial charge in [-0.1, -0.05) is 41.9 Å². The van der Waals surface area contributed by atoms with Crippen molar-refractivity contribution in [1.29, 1.82) is 0 Å². The number of benzene rings is 3. The zero-order valence-corrected chi connectivity index (χ0v) is 22.6. The van der Waals surface area contributed by atoms with E-state index in [4.69, 9.17) is 16.3 Å². The minimum absolute atomic E-state index is 0.0430. The van der Waals surface area contributed by atoms with Crippen molar-refractivity contribution in [2.24, 2.45) is 0 Å². The third kappa shape index (κ3) is 6.18. The average Bonchev–Trinajstić information content (AvgIpc) is 3.37. The van der Waals surface area contributed by atoms with Crippen molar-refractivity contribution in [3.05, 3.63) is 94.5 Å². The molecule has 3 N–H and O–H groups in total. The third-order valence-electron chi connectivity index (χ3n) is 7.09. The van der Waals surface area contributed by atoms with E-state index in [-0.39, 0.29) is 30.8 Å². The fraction of sp³-hybridized carbons (Fsp3) is 0.241. The summed E-state index contributed by atoms with van der Waals surface area (Å²) in [6.45, 7) is 0.286. The molecule has 3 aromatic carbocycles. The number of nitrogens with one attached hydrogen (secondary N) is 3. The van der Waals surface area contributed by atoms with Gasteiger partial charge in [0.2, 0.25) is 5.91 Å². The van der Waals surface area contributed by atoms with Gasteiger partial charge in [0.25, 0.3) is 5.91 Å². The van der Waals surface area contributed by atoms with Gasteiger partial charge in [0.1, 0.15) is 6.04 Å². The largest absolute Gasteiger partial charge is 0.471 e. The Hall–Kier alpha value is -4.58. The number of hydrogen-bond acceptors (Lipinski definition) is 5. The molecule has 1 saturated heterocycles. The van der Waals surface area contributed by atoms with E-state index in [0.29, 0.717) is 22.7 Å². The first kappa shape index (κ1) is 28.9. The fourth-order valence-corrected chi connectivity index (χ4v) is 5.23. The zero-order valence-electron chi connectivity index (χ0n) is 21.8. The molecule has 5 rings (SSSR count). The number of likely N-dealkylation sites (tertiary alicyclic amines) is 1. The Labute approximate surface area is 243 Å². The lowest BCUT2D eigenvalue weighted by molar-refractivity contribution is -0.167. The van der Waals surface area contributed by atoms with Crippen LogP contribution in [0.2, 0.25) is 5.02 Å². The Balaban J connectivity index is 1.35. The number of alkyl halides is 3. The van der Waals surface area contributed by atoms with Crippen molar-refractivity contribution >= 4 is 46.8 Å². The Morgan fingerprint density at radius 3 is 2.45 bits per heavy atom. The Morgan fingerprint density at radius 2 is 1.76 bits per heavy atom. The van der Waals surface area contributed by atoms with E-state index in [1.54, 1.807) is 35.6 Å². The third-order valence-corrected chi connectivity index (χ3v) is 7.32. The van der Waals surface area contributed by atoms with Gasteiger partial charge in [0.15, 0.2) is 5.60 Å². The molecule has 2 atom stereocenters. The minimum Gasteiger partial charge on any atom is -0.436 e. The van der Waals surface area contributed by atoms with Crippen LogP contribution in [0.1, 0.15) is 27.9 Å². The maximum absolute atomic E-state index is 13.8. The summed E-state index contributed by atoms with van der Waals surface area (Å²) in [5.41, 5.74) is 0.765. The van der Waals surface area contributed by atoms with E-state index >= 15 is 0 Å². The molecule has 13 heteroatoms. The van der Waals surface area contributed by atoms with E-state index in [1.807, 2.05) is 18.2 Å². The van der Waals surface area contributed by atoms with Crippen LogP contribution in [0.3, 0.4) is 0 Å². The molecule has 4 amide bonds. The molecule has 1 unspecified atom stereocenters. The van der Waals surface area contributed by atoms with Crippen molar-refractivity contribution in [3.63, 3.8) is 0 Å². The highest BCUT2D eigenvalue weighted by Gasteiger charge is 2.49. The molecule has 2 aliphatic rings. The van der Waals surface area contributed by atoms with E-state index in [2.05, 4.69) is 10.6 Å². The first-order valence-corrected chi connectivity index (χ1v) is 13.2. The monoisotopic (exact) mass is 600 g/mol. The molecule has 0 aromatic heterocycles. The Bertz CT molecular complexity index is 1530. The lowest BCUT2D eigenvalue weighted by Crippen LogP contribution is -2.50. The van der Waals surface area contributed by atoms with Gasteiger partial charge in [-0.15, -0.1) is 0 Å². The Morgan fingerprint density at radius 1 is 1.05 bits per heavy atom. The highest BCUT2D eigenvalue weighted by atomic mass is 35.5. The van der Waals surface area contributed by atoms with Crippen molar-refractivity contribution < 1.29 is 37.1 Å². The summed E-state index contributed by atoms with van der Waals surface area (Å²) in [6.07, 6.45) is -5.24. The van der Waals surface area contributed by atoms with Gasteiger partial charge in [-0.05, 0) is 48.0 Å². The number of halogens is 4. The molecular weight excluding hydrogens is 577 g/mol. The average molecular weight is 601 g/mol. The van der Waals surface area contributed by atoms with Crippen LogP contribution in [0, 0.1) is 0 Å². The molecule has 0 bridgehead atoms. The summed E-state index contributed by atoms with van der Waals surface area (Å²) in [6, 6.07) is 17.8. The number of amides is 4. The van der Waals surface area contributed by atoms with Crippen LogP contribution in [0.25, 0.3) is 0 Å². The smallest absolute Gasteiger partial charge is 0.436 e. The molecule has 2 heterocycles. The van der Waals surface area contributed by atoms with E-state index < -0.39 is 41.6 Å². The molecule has 1 spiro atoms. The molecule has 0 aliphatic carbocycles. The van der Waals surface area contributed by atoms with Crippen LogP contribution >= 0.6 is 11.6 Å². The lowest BCUT2D eigenvalue weighted by atomic mass is 9.90. The summed E-state index contributed by atoms with van der Waals surface area (Å²) < 4.78 is 43.4. The fourth-order valence-electron chi connectivity index (χ4n) is 5.06. The molecule has 1 fully saturated rings.